The fraction of sp³-hybridized carbons (Fsp3) is 0.261. The Morgan fingerprint density at radius 2 is 1.73 bits per heavy atom. The summed E-state index contributed by atoms with van der Waals surface area (Å²) in [7, 11) is 0. The Balaban J connectivity index is 1.42. The first-order valence-corrected chi connectivity index (χ1v) is 9.27. The van der Waals surface area contributed by atoms with E-state index in [1.165, 1.54) is 27.5 Å². The molecule has 0 spiro atoms. The Morgan fingerprint density at radius 1 is 1.00 bits per heavy atom. The highest BCUT2D eigenvalue weighted by atomic mass is 16.2. The molecule has 0 saturated carbocycles. The minimum atomic E-state index is -0.00863. The first-order valence-electron chi connectivity index (χ1n) is 9.27. The summed E-state index contributed by atoms with van der Waals surface area (Å²) in [4.78, 5) is 14.8. The summed E-state index contributed by atoms with van der Waals surface area (Å²) in [5.74, 6) is 0.0878. The zero-order valence-electron chi connectivity index (χ0n) is 15.1. The third-order valence-corrected chi connectivity index (χ3v) is 5.24. The summed E-state index contributed by atoms with van der Waals surface area (Å²) < 4.78 is 0. The lowest BCUT2D eigenvalue weighted by molar-refractivity contribution is -0.123. The summed E-state index contributed by atoms with van der Waals surface area (Å²) >= 11 is 0. The fourth-order valence-corrected chi connectivity index (χ4v) is 3.89. The van der Waals surface area contributed by atoms with Crippen LogP contribution in [0.3, 0.4) is 0 Å². The van der Waals surface area contributed by atoms with Crippen LogP contribution in [-0.2, 0) is 17.8 Å². The van der Waals surface area contributed by atoms with Gasteiger partial charge >= 0.3 is 0 Å². The van der Waals surface area contributed by atoms with Gasteiger partial charge in [-0.1, -0.05) is 66.7 Å². The van der Waals surface area contributed by atoms with Gasteiger partial charge in [0.1, 0.15) is 0 Å². The number of hydrogen-bond acceptors (Lipinski definition) is 2. The molecule has 0 fully saturated rings. The lowest BCUT2D eigenvalue weighted by Gasteiger charge is -2.28. The fourth-order valence-electron chi connectivity index (χ4n) is 3.89. The van der Waals surface area contributed by atoms with Crippen LogP contribution in [0.15, 0.2) is 66.7 Å². The molecule has 3 nitrogen and oxygen atoms in total. The van der Waals surface area contributed by atoms with Crippen molar-refractivity contribution >= 4 is 16.7 Å². The van der Waals surface area contributed by atoms with Gasteiger partial charge in [-0.15, -0.1) is 0 Å². The molecule has 132 valence electrons. The lowest BCUT2D eigenvalue weighted by atomic mass is 9.99. The van der Waals surface area contributed by atoms with Gasteiger partial charge in [0, 0.05) is 13.1 Å². The largest absolute Gasteiger partial charge is 0.348 e. The quantitative estimate of drug-likeness (QED) is 0.774. The van der Waals surface area contributed by atoms with E-state index in [-0.39, 0.29) is 11.9 Å². The normalized spacial score (nSPS) is 15.4. The van der Waals surface area contributed by atoms with Crippen molar-refractivity contribution in [3.8, 4) is 0 Å². The zero-order chi connectivity index (χ0) is 17.9. The van der Waals surface area contributed by atoms with Crippen molar-refractivity contribution in [2.75, 3.05) is 13.1 Å². The number of amides is 1. The Labute approximate surface area is 154 Å². The zero-order valence-corrected chi connectivity index (χ0v) is 15.1. The second-order valence-corrected chi connectivity index (χ2v) is 7.09. The highest BCUT2D eigenvalue weighted by Crippen LogP contribution is 2.24. The van der Waals surface area contributed by atoms with Gasteiger partial charge in [-0.3, -0.25) is 9.69 Å². The minimum Gasteiger partial charge on any atom is -0.348 e. The van der Waals surface area contributed by atoms with Crippen LogP contribution >= 0.6 is 0 Å². The van der Waals surface area contributed by atoms with Gasteiger partial charge in [-0.25, -0.2) is 0 Å². The number of rotatable bonds is 4. The molecule has 1 heterocycles. The average Bonchev–Trinajstić information content (AvgIpc) is 2.67. The second kappa shape index (κ2) is 7.30. The Bertz CT molecular complexity index is 929. The summed E-state index contributed by atoms with van der Waals surface area (Å²) in [6, 6.07) is 23.1. The van der Waals surface area contributed by atoms with Crippen LogP contribution in [-0.4, -0.2) is 23.9 Å². The van der Waals surface area contributed by atoms with E-state index >= 15 is 0 Å². The molecule has 1 amide bonds. The van der Waals surface area contributed by atoms with Gasteiger partial charge < -0.3 is 5.32 Å². The van der Waals surface area contributed by atoms with E-state index in [1.807, 2.05) is 12.1 Å². The number of nitrogens with zero attached hydrogens (tertiary/aromatic N) is 1. The SMILES string of the molecule is C[C@@H](NC(=O)CN1CCc2ccccc2C1)c1cccc2ccccc12. The number of hydrogen-bond donors (Lipinski definition) is 1. The maximum atomic E-state index is 12.6. The smallest absolute Gasteiger partial charge is 0.234 e. The van der Waals surface area contributed by atoms with Gasteiger partial charge in [0.2, 0.25) is 5.91 Å². The van der Waals surface area contributed by atoms with Crippen LogP contribution in [0.5, 0.6) is 0 Å². The van der Waals surface area contributed by atoms with E-state index < -0.39 is 0 Å². The summed E-state index contributed by atoms with van der Waals surface area (Å²) in [6.45, 7) is 4.30. The van der Waals surface area contributed by atoms with Crippen LogP contribution in [0.4, 0.5) is 0 Å². The Morgan fingerprint density at radius 3 is 2.62 bits per heavy atom. The van der Waals surface area contributed by atoms with E-state index in [1.54, 1.807) is 0 Å². The first-order chi connectivity index (χ1) is 12.7. The van der Waals surface area contributed by atoms with Gasteiger partial charge in [0.05, 0.1) is 12.6 Å². The van der Waals surface area contributed by atoms with Crippen molar-refractivity contribution in [2.24, 2.45) is 0 Å². The highest BCUT2D eigenvalue weighted by Gasteiger charge is 2.19. The topological polar surface area (TPSA) is 32.3 Å². The highest BCUT2D eigenvalue weighted by molar-refractivity contribution is 5.87. The number of carbonyl (C=O) groups excluding carboxylic acids is 1. The molecule has 0 unspecified atom stereocenters. The third kappa shape index (κ3) is 3.49. The van der Waals surface area contributed by atoms with Crippen molar-refractivity contribution in [3.63, 3.8) is 0 Å². The maximum Gasteiger partial charge on any atom is 0.234 e. The van der Waals surface area contributed by atoms with Gasteiger partial charge in [-0.2, -0.15) is 0 Å². The molecule has 3 heteroatoms. The molecule has 3 aromatic carbocycles. The van der Waals surface area contributed by atoms with Crippen molar-refractivity contribution in [3.05, 3.63) is 83.4 Å². The first kappa shape index (κ1) is 16.8. The van der Waals surface area contributed by atoms with Crippen molar-refractivity contribution in [1.29, 1.82) is 0 Å². The van der Waals surface area contributed by atoms with Crippen LogP contribution in [0.25, 0.3) is 10.8 Å². The molecule has 3 aromatic rings. The molecule has 1 N–H and O–H groups in total. The number of carbonyl (C=O) groups is 1. The predicted molar refractivity (Wildman–Crippen MR) is 106 cm³/mol. The molecule has 26 heavy (non-hydrogen) atoms. The molecule has 0 saturated heterocycles. The second-order valence-electron chi connectivity index (χ2n) is 7.09. The third-order valence-electron chi connectivity index (χ3n) is 5.24. The van der Waals surface area contributed by atoms with Gasteiger partial charge in [0.15, 0.2) is 0 Å². The Hall–Kier alpha value is -2.65. The lowest BCUT2D eigenvalue weighted by Crippen LogP contribution is -2.40. The van der Waals surface area contributed by atoms with E-state index in [4.69, 9.17) is 0 Å². The van der Waals surface area contributed by atoms with Crippen molar-refractivity contribution in [2.45, 2.75) is 25.9 Å². The number of benzene rings is 3. The van der Waals surface area contributed by atoms with E-state index in [0.29, 0.717) is 6.54 Å². The maximum absolute atomic E-state index is 12.6. The van der Waals surface area contributed by atoms with Crippen molar-refractivity contribution in [1.82, 2.24) is 10.2 Å². The Kier molecular flexibility index (Phi) is 4.72. The molecular weight excluding hydrogens is 320 g/mol. The monoisotopic (exact) mass is 344 g/mol. The minimum absolute atomic E-state index is 0.00863. The van der Waals surface area contributed by atoms with Crippen LogP contribution in [0, 0.1) is 0 Å². The molecule has 0 aromatic heterocycles. The summed E-state index contributed by atoms with van der Waals surface area (Å²) in [5, 5.41) is 5.59. The average molecular weight is 344 g/mol. The molecule has 0 aliphatic carbocycles. The van der Waals surface area contributed by atoms with Gasteiger partial charge in [0.25, 0.3) is 0 Å². The molecule has 1 aliphatic rings. The molecule has 0 radical (unpaired) electrons. The molecule has 4 rings (SSSR count). The van der Waals surface area contributed by atoms with Crippen LogP contribution < -0.4 is 5.32 Å². The van der Waals surface area contributed by atoms with E-state index in [2.05, 4.69) is 71.7 Å². The van der Waals surface area contributed by atoms with E-state index in [9.17, 15) is 4.79 Å². The summed E-state index contributed by atoms with van der Waals surface area (Å²) in [6.07, 6.45) is 1.02. The predicted octanol–water partition coefficient (Wildman–Crippen LogP) is 4.08. The van der Waals surface area contributed by atoms with E-state index in [0.717, 1.165) is 19.5 Å². The molecule has 1 atom stereocenters. The summed E-state index contributed by atoms with van der Waals surface area (Å²) in [5.41, 5.74) is 3.92. The molecule has 0 bridgehead atoms. The number of fused-ring (bicyclic) bond motifs is 2. The van der Waals surface area contributed by atoms with Crippen LogP contribution in [0.2, 0.25) is 0 Å². The van der Waals surface area contributed by atoms with Crippen LogP contribution in [0.1, 0.15) is 29.7 Å². The molecular formula is C23H24N2O. The van der Waals surface area contributed by atoms with Crippen molar-refractivity contribution < 1.29 is 4.79 Å². The number of nitrogens with one attached hydrogen (secondary N) is 1. The molecule has 1 aliphatic heterocycles. The van der Waals surface area contributed by atoms with Gasteiger partial charge in [-0.05, 0) is 40.8 Å². The standard InChI is InChI=1S/C23H24N2O/c1-17(21-12-6-10-19-8-4-5-11-22(19)21)24-23(26)16-25-14-13-18-7-2-3-9-20(18)15-25/h2-12,17H,13-16H2,1H3,(H,24,26)/t17-/m1/s1.